The Bertz CT molecular complexity index is 1210. The minimum absolute atomic E-state index is 0.161. The van der Waals surface area contributed by atoms with E-state index < -0.39 is 11.9 Å². The fraction of sp³-hybridized carbons (Fsp3) is 0.231. The second kappa shape index (κ2) is 9.82. The highest BCUT2D eigenvalue weighted by Gasteiger charge is 2.29. The molecule has 1 aliphatic heterocycles. The lowest BCUT2D eigenvalue weighted by Crippen LogP contribution is -2.37. The molecule has 1 N–H and O–H groups in total. The van der Waals surface area contributed by atoms with Crippen LogP contribution in [0.2, 0.25) is 0 Å². The first-order valence-electron chi connectivity index (χ1n) is 10.7. The largest absolute Gasteiger partial charge is 0.497 e. The number of methoxy groups -OCH3 is 2. The second-order valence-corrected chi connectivity index (χ2v) is 7.92. The zero-order valence-electron chi connectivity index (χ0n) is 19.1. The van der Waals surface area contributed by atoms with Crippen LogP contribution in [0.3, 0.4) is 0 Å². The number of nitrogens with one attached hydrogen (secondary N) is 1. The topological polar surface area (TPSA) is 77.1 Å². The third kappa shape index (κ3) is 4.96. The Morgan fingerprint density at radius 1 is 1.09 bits per heavy atom. The highest BCUT2D eigenvalue weighted by atomic mass is 19.1. The minimum Gasteiger partial charge on any atom is -0.497 e. The van der Waals surface area contributed by atoms with Gasteiger partial charge in [-0.05, 0) is 61.5 Å². The van der Waals surface area contributed by atoms with Gasteiger partial charge in [0.25, 0.3) is 11.8 Å². The number of rotatable bonds is 6. The first-order chi connectivity index (χ1) is 16.4. The molecule has 0 saturated carbocycles. The van der Waals surface area contributed by atoms with Gasteiger partial charge in [0.15, 0.2) is 6.10 Å². The van der Waals surface area contributed by atoms with Crippen LogP contribution < -0.4 is 19.5 Å². The molecule has 0 radical (unpaired) electrons. The van der Waals surface area contributed by atoms with Crippen LogP contribution >= 0.6 is 0 Å². The van der Waals surface area contributed by atoms with Gasteiger partial charge in [-0.25, -0.2) is 4.39 Å². The van der Waals surface area contributed by atoms with Crippen molar-refractivity contribution >= 4 is 17.5 Å². The van der Waals surface area contributed by atoms with E-state index in [1.807, 2.05) is 12.1 Å². The molecule has 4 rings (SSSR count). The summed E-state index contributed by atoms with van der Waals surface area (Å²) in [6.07, 6.45) is -0.676. The van der Waals surface area contributed by atoms with E-state index in [0.29, 0.717) is 35.0 Å². The number of amides is 2. The van der Waals surface area contributed by atoms with Gasteiger partial charge < -0.3 is 24.4 Å². The van der Waals surface area contributed by atoms with Crippen molar-refractivity contribution in [2.24, 2.45) is 0 Å². The number of anilines is 1. The SMILES string of the molecule is COc1ccc(CN2Cc3cc(NC(=O)c4ccc(F)cc4)ccc3O[C@@H](C)C2=O)c(OC)c1. The van der Waals surface area contributed by atoms with Crippen LogP contribution in [0.25, 0.3) is 0 Å². The molecule has 0 aliphatic carbocycles. The number of fused-ring (bicyclic) bond motifs is 1. The highest BCUT2D eigenvalue weighted by molar-refractivity contribution is 6.04. The average Bonchev–Trinajstić information content (AvgIpc) is 2.95. The number of hydrogen-bond acceptors (Lipinski definition) is 5. The quantitative estimate of drug-likeness (QED) is 0.585. The summed E-state index contributed by atoms with van der Waals surface area (Å²) in [5.41, 5.74) is 2.46. The van der Waals surface area contributed by atoms with E-state index >= 15 is 0 Å². The molecular formula is C26H25FN2O5. The van der Waals surface area contributed by atoms with Crippen LogP contribution in [0.4, 0.5) is 10.1 Å². The summed E-state index contributed by atoms with van der Waals surface area (Å²) in [6, 6.07) is 16.0. The fourth-order valence-electron chi connectivity index (χ4n) is 3.80. The van der Waals surface area contributed by atoms with E-state index in [-0.39, 0.29) is 18.4 Å². The van der Waals surface area contributed by atoms with Gasteiger partial charge in [-0.3, -0.25) is 9.59 Å². The normalized spacial score (nSPS) is 15.1. The van der Waals surface area contributed by atoms with Gasteiger partial charge in [0, 0.05) is 41.5 Å². The summed E-state index contributed by atoms with van der Waals surface area (Å²) in [5, 5.41) is 2.81. The van der Waals surface area contributed by atoms with E-state index in [4.69, 9.17) is 14.2 Å². The molecule has 3 aromatic rings. The van der Waals surface area contributed by atoms with Crippen molar-refractivity contribution in [1.29, 1.82) is 0 Å². The Hall–Kier alpha value is -4.07. The van der Waals surface area contributed by atoms with Crippen LogP contribution in [0.15, 0.2) is 60.7 Å². The van der Waals surface area contributed by atoms with Gasteiger partial charge in [-0.2, -0.15) is 0 Å². The molecule has 0 fully saturated rings. The second-order valence-electron chi connectivity index (χ2n) is 7.92. The molecule has 8 heteroatoms. The number of hydrogen-bond donors (Lipinski definition) is 1. The maximum absolute atomic E-state index is 13.2. The molecule has 0 bridgehead atoms. The predicted molar refractivity (Wildman–Crippen MR) is 125 cm³/mol. The maximum atomic E-state index is 13.2. The van der Waals surface area contributed by atoms with Crippen molar-refractivity contribution in [3.63, 3.8) is 0 Å². The van der Waals surface area contributed by atoms with Gasteiger partial charge in [0.1, 0.15) is 23.1 Å². The summed E-state index contributed by atoms with van der Waals surface area (Å²) in [5.74, 6) is 0.914. The molecule has 34 heavy (non-hydrogen) atoms. The lowest BCUT2D eigenvalue weighted by molar-refractivity contribution is -0.138. The van der Waals surface area contributed by atoms with E-state index in [1.165, 1.54) is 24.3 Å². The Morgan fingerprint density at radius 2 is 1.85 bits per heavy atom. The number of halogens is 1. The van der Waals surface area contributed by atoms with Gasteiger partial charge in [0.2, 0.25) is 0 Å². The smallest absolute Gasteiger partial charge is 0.263 e. The van der Waals surface area contributed by atoms with Crippen LogP contribution in [0.5, 0.6) is 17.2 Å². The molecular weight excluding hydrogens is 439 g/mol. The molecule has 0 spiro atoms. The summed E-state index contributed by atoms with van der Waals surface area (Å²) in [4.78, 5) is 27.3. The Balaban J connectivity index is 1.58. The molecule has 0 unspecified atom stereocenters. The van der Waals surface area contributed by atoms with Gasteiger partial charge >= 0.3 is 0 Å². The Morgan fingerprint density at radius 3 is 2.56 bits per heavy atom. The molecule has 176 valence electrons. The third-order valence-corrected chi connectivity index (χ3v) is 5.60. The number of benzene rings is 3. The maximum Gasteiger partial charge on any atom is 0.263 e. The van der Waals surface area contributed by atoms with Crippen LogP contribution in [0.1, 0.15) is 28.4 Å². The first kappa shape index (κ1) is 23.1. The first-order valence-corrected chi connectivity index (χ1v) is 10.7. The molecule has 0 aromatic heterocycles. The number of ether oxygens (including phenoxy) is 3. The third-order valence-electron chi connectivity index (χ3n) is 5.60. The van der Waals surface area contributed by atoms with Gasteiger partial charge in [-0.1, -0.05) is 0 Å². The summed E-state index contributed by atoms with van der Waals surface area (Å²) in [7, 11) is 3.15. The summed E-state index contributed by atoms with van der Waals surface area (Å²) >= 11 is 0. The predicted octanol–water partition coefficient (Wildman–Crippen LogP) is 4.40. The minimum atomic E-state index is -0.676. The number of nitrogens with zero attached hydrogens (tertiary/aromatic N) is 1. The lowest BCUT2D eigenvalue weighted by Gasteiger charge is -2.23. The van der Waals surface area contributed by atoms with Crippen molar-refractivity contribution in [2.45, 2.75) is 26.1 Å². The number of carbonyl (C=O) groups excluding carboxylic acids is 2. The Kier molecular flexibility index (Phi) is 6.67. The van der Waals surface area contributed by atoms with E-state index in [0.717, 1.165) is 11.1 Å². The van der Waals surface area contributed by atoms with Crippen LogP contribution in [-0.4, -0.2) is 37.0 Å². The van der Waals surface area contributed by atoms with Crippen molar-refractivity contribution in [2.75, 3.05) is 19.5 Å². The molecule has 7 nitrogen and oxygen atoms in total. The summed E-state index contributed by atoms with van der Waals surface area (Å²) < 4.78 is 29.8. The van der Waals surface area contributed by atoms with Gasteiger partial charge in [-0.15, -0.1) is 0 Å². The van der Waals surface area contributed by atoms with Crippen LogP contribution in [-0.2, 0) is 17.9 Å². The summed E-state index contributed by atoms with van der Waals surface area (Å²) in [6.45, 7) is 2.30. The monoisotopic (exact) mass is 464 g/mol. The zero-order chi connectivity index (χ0) is 24.2. The van der Waals surface area contributed by atoms with Crippen molar-refractivity contribution < 1.29 is 28.2 Å². The molecule has 1 aliphatic rings. The lowest BCUT2D eigenvalue weighted by atomic mass is 10.1. The zero-order valence-corrected chi connectivity index (χ0v) is 19.1. The molecule has 2 amide bonds. The highest BCUT2D eigenvalue weighted by Crippen LogP contribution is 2.31. The number of carbonyl (C=O) groups is 2. The van der Waals surface area contributed by atoms with Crippen molar-refractivity contribution in [3.8, 4) is 17.2 Å². The molecule has 1 atom stereocenters. The van der Waals surface area contributed by atoms with Crippen LogP contribution in [0, 0.1) is 5.82 Å². The Labute approximate surface area is 197 Å². The van der Waals surface area contributed by atoms with E-state index in [9.17, 15) is 14.0 Å². The van der Waals surface area contributed by atoms with E-state index in [2.05, 4.69) is 5.32 Å². The standard InChI is InChI=1S/C26H25FN2O5/c1-16-26(31)29(14-18-6-10-22(32-2)13-24(18)33-3)15-19-12-21(9-11-23(19)34-16)28-25(30)17-4-7-20(27)8-5-17/h4-13,16H,14-15H2,1-3H3,(H,28,30)/t16-/m0/s1. The van der Waals surface area contributed by atoms with Crippen molar-refractivity contribution in [1.82, 2.24) is 4.90 Å². The fourth-order valence-corrected chi connectivity index (χ4v) is 3.80. The van der Waals surface area contributed by atoms with Crippen molar-refractivity contribution in [3.05, 3.63) is 83.2 Å². The molecule has 1 heterocycles. The van der Waals surface area contributed by atoms with Gasteiger partial charge in [0.05, 0.1) is 14.2 Å². The van der Waals surface area contributed by atoms with E-state index in [1.54, 1.807) is 50.3 Å². The molecule has 0 saturated heterocycles. The average molecular weight is 464 g/mol. The molecule has 3 aromatic carbocycles.